The molecule has 5 N–H and O–H groups in total. The molecule has 0 spiro atoms. The van der Waals surface area contributed by atoms with Gasteiger partial charge in [0.15, 0.2) is 0 Å². The number of amides is 4. The third kappa shape index (κ3) is 10.1. The average molecular weight is 557 g/mol. The normalized spacial score (nSPS) is 12.5. The van der Waals surface area contributed by atoms with Crippen molar-refractivity contribution >= 4 is 29.5 Å². The molecule has 0 radical (unpaired) electrons. The highest BCUT2D eigenvalue weighted by atomic mass is 16.6. The van der Waals surface area contributed by atoms with Crippen LogP contribution in [0.25, 0.3) is 0 Å². The molecule has 11 heteroatoms. The number of carbonyl (C=O) groups excluding carboxylic acids is 4. The highest BCUT2D eigenvalue weighted by molar-refractivity contribution is 5.99. The Balaban J connectivity index is 2.50. The fourth-order valence-corrected chi connectivity index (χ4v) is 3.90. The Labute approximate surface area is 235 Å². The average Bonchev–Trinajstić information content (AvgIpc) is 2.88. The third-order valence-corrected chi connectivity index (χ3v) is 5.83. The van der Waals surface area contributed by atoms with Gasteiger partial charge in [0.1, 0.15) is 29.2 Å². The minimum absolute atomic E-state index is 0.00424. The lowest BCUT2D eigenvalue weighted by Gasteiger charge is -2.34. The van der Waals surface area contributed by atoms with E-state index in [-0.39, 0.29) is 25.1 Å². The summed E-state index contributed by atoms with van der Waals surface area (Å²) in [5.41, 5.74) is 5.45. The minimum Gasteiger partial charge on any atom is -0.508 e. The maximum atomic E-state index is 14.0. The summed E-state index contributed by atoms with van der Waals surface area (Å²) < 4.78 is 10.5. The summed E-state index contributed by atoms with van der Waals surface area (Å²) in [5, 5.41) is 15.3. The molecule has 218 valence electrons. The number of hydrogen-bond acceptors (Lipinski definition) is 7. The van der Waals surface area contributed by atoms with Crippen molar-refractivity contribution in [3.05, 3.63) is 54.1 Å². The predicted molar refractivity (Wildman–Crippen MR) is 151 cm³/mol. The van der Waals surface area contributed by atoms with E-state index in [1.807, 2.05) is 6.92 Å². The summed E-state index contributed by atoms with van der Waals surface area (Å²) in [5.74, 6) is -1.13. The highest BCUT2D eigenvalue weighted by Crippen LogP contribution is 2.27. The van der Waals surface area contributed by atoms with Gasteiger partial charge in [-0.2, -0.15) is 0 Å². The van der Waals surface area contributed by atoms with Crippen molar-refractivity contribution in [2.24, 2.45) is 5.73 Å². The Morgan fingerprint density at radius 2 is 1.65 bits per heavy atom. The van der Waals surface area contributed by atoms with Crippen molar-refractivity contribution in [3.8, 4) is 11.5 Å². The molecule has 11 nitrogen and oxygen atoms in total. The number of nitrogens with two attached hydrogens (primary N) is 1. The van der Waals surface area contributed by atoms with E-state index < -0.39 is 41.5 Å². The van der Waals surface area contributed by atoms with E-state index in [0.29, 0.717) is 23.4 Å². The van der Waals surface area contributed by atoms with Crippen LogP contribution in [0.15, 0.2) is 48.5 Å². The van der Waals surface area contributed by atoms with E-state index >= 15 is 0 Å². The second kappa shape index (κ2) is 14.8. The number of nitrogens with one attached hydrogen (secondary N) is 2. The minimum atomic E-state index is -1.19. The summed E-state index contributed by atoms with van der Waals surface area (Å²) >= 11 is 0. The van der Waals surface area contributed by atoms with Gasteiger partial charge < -0.3 is 35.8 Å². The molecule has 0 heterocycles. The number of hydrogen-bond donors (Lipinski definition) is 4. The first-order valence-corrected chi connectivity index (χ1v) is 13.2. The molecule has 2 rings (SSSR count). The number of anilines is 1. The van der Waals surface area contributed by atoms with Gasteiger partial charge in [0.2, 0.25) is 11.8 Å². The van der Waals surface area contributed by atoms with Gasteiger partial charge in [-0.05, 0) is 75.6 Å². The molecule has 0 aliphatic rings. The number of methoxy groups -OCH3 is 1. The summed E-state index contributed by atoms with van der Waals surface area (Å²) in [6.07, 6.45) is 0.186. The molecule has 2 atom stereocenters. The maximum Gasteiger partial charge on any atom is 0.408 e. The van der Waals surface area contributed by atoms with Gasteiger partial charge in [-0.1, -0.05) is 25.5 Å². The molecule has 0 bridgehead atoms. The number of rotatable bonds is 13. The quantitative estimate of drug-likeness (QED) is 0.291. The van der Waals surface area contributed by atoms with Gasteiger partial charge in [-0.15, -0.1) is 0 Å². The van der Waals surface area contributed by atoms with E-state index in [2.05, 4.69) is 10.6 Å². The zero-order chi connectivity index (χ0) is 29.9. The summed E-state index contributed by atoms with van der Waals surface area (Å²) in [6.45, 7) is 7.18. The first-order chi connectivity index (χ1) is 18.8. The second-order valence-electron chi connectivity index (χ2n) is 10.3. The smallest absolute Gasteiger partial charge is 0.408 e. The van der Waals surface area contributed by atoms with Gasteiger partial charge in [-0.3, -0.25) is 14.4 Å². The summed E-state index contributed by atoms with van der Waals surface area (Å²) in [6, 6.07) is 10.4. The molecular weight excluding hydrogens is 516 g/mol. The molecule has 2 unspecified atom stereocenters. The molecule has 0 saturated heterocycles. The Kier molecular flexibility index (Phi) is 11.8. The molecule has 4 amide bonds. The maximum absolute atomic E-state index is 14.0. The molecule has 0 saturated carbocycles. The number of alkyl carbamates (subject to hydrolysis) is 1. The largest absolute Gasteiger partial charge is 0.508 e. The van der Waals surface area contributed by atoms with Gasteiger partial charge >= 0.3 is 6.09 Å². The van der Waals surface area contributed by atoms with Gasteiger partial charge in [0, 0.05) is 18.7 Å². The van der Waals surface area contributed by atoms with Crippen LogP contribution in [0.5, 0.6) is 11.5 Å². The SMILES string of the molecule is CCCCN(C(=O)C(CCC(N)=O)NC(=O)OC(C)(C)C)C(C(=O)Nc1ccc(OC)cc1)c1ccc(O)cc1. The monoisotopic (exact) mass is 556 g/mol. The molecule has 2 aromatic rings. The van der Waals surface area contributed by atoms with Crippen molar-refractivity contribution in [1.29, 1.82) is 0 Å². The molecular formula is C29H40N4O7. The van der Waals surface area contributed by atoms with Crippen LogP contribution in [0, 0.1) is 0 Å². The van der Waals surface area contributed by atoms with Gasteiger partial charge in [0.05, 0.1) is 7.11 Å². The van der Waals surface area contributed by atoms with Gasteiger partial charge in [-0.25, -0.2) is 4.79 Å². The zero-order valence-electron chi connectivity index (χ0n) is 23.7. The van der Waals surface area contributed by atoms with Crippen molar-refractivity contribution < 1.29 is 33.8 Å². The lowest BCUT2D eigenvalue weighted by atomic mass is 10.0. The number of benzene rings is 2. The fourth-order valence-electron chi connectivity index (χ4n) is 3.90. The molecule has 2 aromatic carbocycles. The van der Waals surface area contributed by atoms with Crippen molar-refractivity contribution in [1.82, 2.24) is 10.2 Å². The van der Waals surface area contributed by atoms with Gasteiger partial charge in [0.25, 0.3) is 5.91 Å². The van der Waals surface area contributed by atoms with Crippen LogP contribution in [0.4, 0.5) is 10.5 Å². The fraction of sp³-hybridized carbons (Fsp3) is 0.448. The number of unbranched alkanes of at least 4 members (excludes halogenated alkanes) is 1. The van der Waals surface area contributed by atoms with E-state index in [4.69, 9.17) is 15.2 Å². The Morgan fingerprint density at radius 1 is 1.02 bits per heavy atom. The van der Waals surface area contributed by atoms with E-state index in [0.717, 1.165) is 6.42 Å². The Morgan fingerprint density at radius 3 is 2.17 bits per heavy atom. The molecule has 0 aliphatic heterocycles. The van der Waals surface area contributed by atoms with E-state index in [1.54, 1.807) is 57.2 Å². The first kappa shape index (κ1) is 31.9. The topological polar surface area (TPSA) is 160 Å². The van der Waals surface area contributed by atoms with Crippen LogP contribution in [0.1, 0.15) is 65.0 Å². The van der Waals surface area contributed by atoms with Crippen LogP contribution in [0.2, 0.25) is 0 Å². The van der Waals surface area contributed by atoms with Crippen molar-refractivity contribution in [3.63, 3.8) is 0 Å². The summed E-state index contributed by atoms with van der Waals surface area (Å²) in [4.78, 5) is 53.4. The molecule has 40 heavy (non-hydrogen) atoms. The number of phenols is 1. The zero-order valence-corrected chi connectivity index (χ0v) is 23.7. The van der Waals surface area contributed by atoms with Crippen LogP contribution < -0.4 is 21.1 Å². The van der Waals surface area contributed by atoms with Crippen LogP contribution >= 0.6 is 0 Å². The molecule has 0 aromatic heterocycles. The van der Waals surface area contributed by atoms with E-state index in [1.165, 1.54) is 24.1 Å². The van der Waals surface area contributed by atoms with E-state index in [9.17, 15) is 24.3 Å². The van der Waals surface area contributed by atoms with Crippen molar-refractivity contribution in [2.45, 2.75) is 71.1 Å². The molecule has 0 fully saturated rings. The third-order valence-electron chi connectivity index (χ3n) is 5.83. The number of phenolic OH excluding ortho intramolecular Hbond substituents is 1. The predicted octanol–water partition coefficient (Wildman–Crippen LogP) is 3.87. The van der Waals surface area contributed by atoms with Crippen LogP contribution in [0.3, 0.4) is 0 Å². The van der Waals surface area contributed by atoms with Crippen LogP contribution in [-0.4, -0.2) is 59.1 Å². The standard InChI is InChI=1S/C29H40N4O7/c1-6-7-18-33(27(37)23(16-17-24(30)35)32-28(38)40-29(2,3)4)25(19-8-12-21(34)13-9-19)26(36)31-20-10-14-22(39-5)15-11-20/h8-15,23,25,34H,6-7,16-18H2,1-5H3,(H2,30,35)(H,31,36)(H,32,38). The number of aromatic hydroxyl groups is 1. The first-order valence-electron chi connectivity index (χ1n) is 13.2. The second-order valence-corrected chi connectivity index (χ2v) is 10.3. The number of ether oxygens (including phenoxy) is 2. The van der Waals surface area contributed by atoms with Crippen LogP contribution in [-0.2, 0) is 19.1 Å². The lowest BCUT2D eigenvalue weighted by Crippen LogP contribution is -2.52. The Bertz CT molecular complexity index is 1140. The summed E-state index contributed by atoms with van der Waals surface area (Å²) in [7, 11) is 1.53. The number of primary amides is 1. The number of nitrogens with zero attached hydrogens (tertiary/aromatic N) is 1. The Hall–Kier alpha value is -4.28. The van der Waals surface area contributed by atoms with Crippen molar-refractivity contribution in [2.75, 3.05) is 19.0 Å². The lowest BCUT2D eigenvalue weighted by molar-refractivity contribution is -0.141. The number of carbonyl (C=O) groups is 4. The molecule has 0 aliphatic carbocycles. The highest BCUT2D eigenvalue weighted by Gasteiger charge is 2.36.